The monoisotopic (exact) mass is 472 g/mol. The van der Waals surface area contributed by atoms with Crippen molar-refractivity contribution in [2.45, 2.75) is 119 Å². The van der Waals surface area contributed by atoms with E-state index < -0.39 is 0 Å². The Bertz CT molecular complexity index is 838. The first-order valence-corrected chi connectivity index (χ1v) is 14.0. The van der Waals surface area contributed by atoms with Crippen LogP contribution in [0.3, 0.4) is 0 Å². The molecule has 0 aromatic heterocycles. The summed E-state index contributed by atoms with van der Waals surface area (Å²) in [5.41, 5.74) is 3.15. The molecule has 0 aliphatic heterocycles. The second-order valence-electron chi connectivity index (χ2n) is 14.2. The molecule has 3 heteroatoms. The molecular weight excluding hydrogens is 420 g/mol. The van der Waals surface area contributed by atoms with Crippen LogP contribution in [0.1, 0.15) is 100 Å². The lowest BCUT2D eigenvalue weighted by atomic mass is 9.38. The van der Waals surface area contributed by atoms with E-state index in [1.165, 1.54) is 36.8 Å². The van der Waals surface area contributed by atoms with E-state index in [9.17, 15) is 10.2 Å². The zero-order chi connectivity index (χ0) is 25.3. The first kappa shape index (κ1) is 26.4. The molecule has 0 saturated heterocycles. The number of hydrogen-bond donors (Lipinski definition) is 2. The predicted octanol–water partition coefficient (Wildman–Crippen LogP) is 6.93. The third-order valence-electron chi connectivity index (χ3n) is 11.9. The van der Waals surface area contributed by atoms with Crippen molar-refractivity contribution in [2.24, 2.45) is 45.3 Å². The molecule has 4 aliphatic carbocycles. The van der Waals surface area contributed by atoms with Crippen LogP contribution in [0.25, 0.3) is 0 Å². The lowest BCUT2D eigenvalue weighted by Crippen LogP contribution is -2.63. The van der Waals surface area contributed by atoms with Crippen molar-refractivity contribution in [3.8, 4) is 0 Å². The van der Waals surface area contributed by atoms with Crippen LogP contribution in [0.15, 0.2) is 23.3 Å². The number of aliphatic hydroxyl groups excluding tert-OH is 2. The summed E-state index contributed by atoms with van der Waals surface area (Å²) in [6, 6.07) is 0. The van der Waals surface area contributed by atoms with E-state index in [4.69, 9.17) is 4.74 Å². The number of methoxy groups -OCH3 is 1. The minimum absolute atomic E-state index is 0.107. The molecule has 194 valence electrons. The van der Waals surface area contributed by atoms with Gasteiger partial charge in [0.2, 0.25) is 0 Å². The minimum atomic E-state index is -0.341. The molecule has 2 N–H and O–H groups in total. The van der Waals surface area contributed by atoms with Crippen LogP contribution in [-0.4, -0.2) is 35.6 Å². The summed E-state index contributed by atoms with van der Waals surface area (Å²) < 4.78 is 6.32. The minimum Gasteiger partial charge on any atom is -0.392 e. The van der Waals surface area contributed by atoms with Crippen molar-refractivity contribution in [3.05, 3.63) is 23.3 Å². The number of hydrogen-bond acceptors (Lipinski definition) is 3. The number of allylic oxidation sites excluding steroid dienone is 1. The van der Waals surface area contributed by atoms with Crippen LogP contribution < -0.4 is 0 Å². The molecule has 0 bridgehead atoms. The average Bonchev–Trinajstić information content (AvgIpc) is 3.01. The molecule has 0 aromatic carbocycles. The van der Waals surface area contributed by atoms with Crippen molar-refractivity contribution in [1.82, 2.24) is 0 Å². The largest absolute Gasteiger partial charge is 0.392 e. The number of fused-ring (bicyclic) bond motifs is 5. The quantitative estimate of drug-likeness (QED) is 0.427. The molecule has 10 atom stereocenters. The van der Waals surface area contributed by atoms with Crippen molar-refractivity contribution in [1.29, 1.82) is 0 Å². The van der Waals surface area contributed by atoms with Gasteiger partial charge in [0, 0.05) is 18.4 Å². The molecule has 3 nitrogen and oxygen atoms in total. The summed E-state index contributed by atoms with van der Waals surface area (Å²) in [5.74, 6) is 2.17. The Morgan fingerprint density at radius 3 is 2.35 bits per heavy atom. The fourth-order valence-corrected chi connectivity index (χ4v) is 9.89. The maximum Gasteiger partial charge on any atom is 0.0793 e. The Morgan fingerprint density at radius 1 is 1.06 bits per heavy atom. The molecule has 0 amide bonds. The molecule has 0 aromatic rings. The van der Waals surface area contributed by atoms with Gasteiger partial charge in [-0.15, -0.1) is 0 Å². The van der Waals surface area contributed by atoms with Gasteiger partial charge >= 0.3 is 0 Å². The zero-order valence-electron chi connectivity index (χ0n) is 23.4. The van der Waals surface area contributed by atoms with Crippen LogP contribution in [-0.2, 0) is 4.74 Å². The second kappa shape index (κ2) is 8.73. The van der Waals surface area contributed by atoms with E-state index >= 15 is 0 Å². The Balaban J connectivity index is 1.71. The maximum absolute atomic E-state index is 10.9. The van der Waals surface area contributed by atoms with Gasteiger partial charge in [0.15, 0.2) is 0 Å². The Labute approximate surface area is 209 Å². The Hall–Kier alpha value is -0.640. The van der Waals surface area contributed by atoms with Gasteiger partial charge in [-0.2, -0.15) is 0 Å². The Morgan fingerprint density at radius 2 is 1.74 bits per heavy atom. The second-order valence-corrected chi connectivity index (χ2v) is 14.2. The summed E-state index contributed by atoms with van der Waals surface area (Å²) in [7, 11) is 1.90. The van der Waals surface area contributed by atoms with Crippen molar-refractivity contribution in [2.75, 3.05) is 7.11 Å². The molecule has 3 fully saturated rings. The highest BCUT2D eigenvalue weighted by Gasteiger charge is 2.69. The smallest absolute Gasteiger partial charge is 0.0793 e. The molecule has 0 unspecified atom stereocenters. The van der Waals surface area contributed by atoms with Gasteiger partial charge in [-0.25, -0.2) is 0 Å². The van der Waals surface area contributed by atoms with E-state index in [-0.39, 0.29) is 40.0 Å². The highest BCUT2D eigenvalue weighted by molar-refractivity contribution is 5.32. The van der Waals surface area contributed by atoms with Gasteiger partial charge in [0.25, 0.3) is 0 Å². The molecule has 3 saturated carbocycles. The van der Waals surface area contributed by atoms with Crippen molar-refractivity contribution in [3.63, 3.8) is 0 Å². The summed E-state index contributed by atoms with van der Waals surface area (Å²) in [6.07, 6.45) is 11.8. The zero-order valence-corrected chi connectivity index (χ0v) is 23.4. The predicted molar refractivity (Wildman–Crippen MR) is 140 cm³/mol. The lowest BCUT2D eigenvalue weighted by Gasteiger charge is -2.67. The lowest BCUT2D eigenvalue weighted by molar-refractivity contribution is -0.183. The first-order valence-electron chi connectivity index (χ1n) is 14.0. The average molecular weight is 473 g/mol. The molecule has 0 heterocycles. The SMILES string of the molecule is CO[C@H]1C=C2[C@@H](CC[C@H](O)C2(C)C)[C@]2(C)CC[C@]3(C)[C@@H]([C@H](C)C[C@@H](O)C=C(C)C)CC[C@@]3(C)[C@H]12. The molecule has 0 spiro atoms. The first-order chi connectivity index (χ1) is 15.7. The van der Waals surface area contributed by atoms with Gasteiger partial charge in [-0.1, -0.05) is 64.8 Å². The van der Waals surface area contributed by atoms with E-state index in [0.29, 0.717) is 23.7 Å². The molecule has 0 radical (unpaired) electrons. The number of aliphatic hydroxyl groups is 2. The van der Waals surface area contributed by atoms with Crippen LogP contribution in [0.2, 0.25) is 0 Å². The van der Waals surface area contributed by atoms with E-state index in [1.807, 2.05) is 13.2 Å². The van der Waals surface area contributed by atoms with E-state index in [0.717, 1.165) is 19.3 Å². The standard InChI is InChI=1S/C31H52O3/c1-19(2)16-21(32)17-20(3)22-12-13-31(8)27-25(34-9)18-24-23(10-11-26(33)28(24,4)5)29(27,6)14-15-30(22,31)7/h16,18,20-23,25-27,32-33H,10-15,17H2,1-9H3/t20-,21+,22-,23-,25+,26+,27-,29+,30-,31+/m1/s1. The van der Waals surface area contributed by atoms with Crippen LogP contribution in [0, 0.1) is 45.3 Å². The van der Waals surface area contributed by atoms with Crippen molar-refractivity contribution >= 4 is 0 Å². The van der Waals surface area contributed by atoms with Gasteiger partial charge in [0.1, 0.15) is 0 Å². The summed E-state index contributed by atoms with van der Waals surface area (Å²) in [6.45, 7) is 18.7. The summed E-state index contributed by atoms with van der Waals surface area (Å²) in [4.78, 5) is 0. The highest BCUT2D eigenvalue weighted by Crippen LogP contribution is 2.75. The van der Waals surface area contributed by atoms with Crippen LogP contribution in [0.5, 0.6) is 0 Å². The van der Waals surface area contributed by atoms with Crippen molar-refractivity contribution < 1.29 is 14.9 Å². The van der Waals surface area contributed by atoms with Gasteiger partial charge in [0.05, 0.1) is 18.3 Å². The fraction of sp³-hybridized carbons (Fsp3) is 0.871. The third-order valence-corrected chi connectivity index (χ3v) is 11.9. The Kier molecular flexibility index (Phi) is 6.79. The molecule has 34 heavy (non-hydrogen) atoms. The van der Waals surface area contributed by atoms with Crippen LogP contribution >= 0.6 is 0 Å². The van der Waals surface area contributed by atoms with Gasteiger partial charge in [-0.3, -0.25) is 0 Å². The summed E-state index contributed by atoms with van der Waals surface area (Å²) >= 11 is 0. The molecule has 4 rings (SSSR count). The van der Waals surface area contributed by atoms with Crippen LogP contribution in [0.4, 0.5) is 0 Å². The maximum atomic E-state index is 10.9. The van der Waals surface area contributed by atoms with E-state index in [1.54, 1.807) is 0 Å². The third kappa shape index (κ3) is 3.70. The summed E-state index contributed by atoms with van der Waals surface area (Å²) in [5, 5.41) is 21.6. The van der Waals surface area contributed by atoms with Gasteiger partial charge in [-0.05, 0) is 92.8 Å². The number of ether oxygens (including phenoxy) is 1. The molecular formula is C31H52O3. The topological polar surface area (TPSA) is 49.7 Å². The highest BCUT2D eigenvalue weighted by atomic mass is 16.5. The van der Waals surface area contributed by atoms with Gasteiger partial charge < -0.3 is 14.9 Å². The number of rotatable bonds is 5. The molecule has 4 aliphatic rings. The fourth-order valence-electron chi connectivity index (χ4n) is 9.89. The normalized spacial score (nSPS) is 47.0. The van der Waals surface area contributed by atoms with E-state index in [2.05, 4.69) is 61.5 Å².